The van der Waals surface area contributed by atoms with Crippen molar-refractivity contribution in [3.05, 3.63) is 30.3 Å². The molecule has 0 saturated heterocycles. The summed E-state index contributed by atoms with van der Waals surface area (Å²) in [6.07, 6.45) is 0. The number of nitrogen functional groups attached to an aromatic ring is 1. The number of benzene rings is 2. The average Bonchev–Trinajstić information content (AvgIpc) is 2.57. The van der Waals surface area contributed by atoms with Gasteiger partial charge in [-0.1, -0.05) is 0 Å². The Balaban J connectivity index is 1.93. The Morgan fingerprint density at radius 2 is 1.79 bits per heavy atom. The number of hydrogen-bond acceptors (Lipinski definition) is 6. The molecule has 1 heterocycles. The largest absolute Gasteiger partial charge is 0.492 e. The minimum Gasteiger partial charge on any atom is -0.492 e. The molecule has 0 spiro atoms. The van der Waals surface area contributed by atoms with Crippen LogP contribution in [0.3, 0.4) is 0 Å². The van der Waals surface area contributed by atoms with E-state index in [0.717, 1.165) is 22.8 Å². The van der Waals surface area contributed by atoms with Crippen LogP contribution in [0.25, 0.3) is 0 Å². The van der Waals surface area contributed by atoms with Crippen LogP contribution in [0.5, 0.6) is 17.2 Å². The van der Waals surface area contributed by atoms with Crippen molar-refractivity contribution in [3.63, 3.8) is 0 Å². The molecule has 0 aliphatic carbocycles. The van der Waals surface area contributed by atoms with Crippen molar-refractivity contribution in [3.8, 4) is 17.2 Å². The van der Waals surface area contributed by atoms with Gasteiger partial charge < -0.3 is 30.2 Å². The van der Waals surface area contributed by atoms with E-state index in [1.165, 1.54) is 0 Å². The summed E-state index contributed by atoms with van der Waals surface area (Å²) >= 11 is 0. The predicted molar refractivity (Wildman–Crippen MR) is 97.1 cm³/mol. The molecule has 0 unspecified atom stereocenters. The fourth-order valence-corrected chi connectivity index (χ4v) is 2.53. The number of anilines is 4. The Labute approximate surface area is 142 Å². The van der Waals surface area contributed by atoms with Gasteiger partial charge in [-0.2, -0.15) is 0 Å². The van der Waals surface area contributed by atoms with Gasteiger partial charge in [0.15, 0.2) is 11.5 Å². The van der Waals surface area contributed by atoms with E-state index in [4.69, 9.17) is 19.9 Å². The van der Waals surface area contributed by atoms with Gasteiger partial charge in [-0.25, -0.2) is 0 Å². The lowest BCUT2D eigenvalue weighted by Crippen LogP contribution is -2.16. The summed E-state index contributed by atoms with van der Waals surface area (Å²) in [5.41, 5.74) is 9.43. The summed E-state index contributed by atoms with van der Waals surface area (Å²) in [5, 5.41) is 3.34. The van der Waals surface area contributed by atoms with Crippen molar-refractivity contribution in [2.24, 2.45) is 0 Å². The maximum Gasteiger partial charge on any atom is 0.163 e. The number of nitrogens with one attached hydrogen (secondary N) is 1. The molecule has 6 nitrogen and oxygen atoms in total. The fraction of sp³-hybridized carbons (Fsp3) is 0.333. The third-order valence-corrected chi connectivity index (χ3v) is 3.77. The quantitative estimate of drug-likeness (QED) is 0.821. The van der Waals surface area contributed by atoms with Crippen LogP contribution in [0.4, 0.5) is 22.7 Å². The van der Waals surface area contributed by atoms with E-state index < -0.39 is 0 Å². The predicted octanol–water partition coefficient (Wildman–Crippen LogP) is 3.25. The molecule has 0 radical (unpaired) electrons. The summed E-state index contributed by atoms with van der Waals surface area (Å²) in [5.74, 6) is 2.15. The Bertz CT molecular complexity index is 732. The highest BCUT2D eigenvalue weighted by Gasteiger charge is 2.16. The number of nitrogens with zero attached hydrogens (tertiary/aromatic N) is 1. The summed E-state index contributed by atoms with van der Waals surface area (Å²) in [6.45, 7) is 3.63. The maximum absolute atomic E-state index is 6.15. The number of hydrogen-bond donors (Lipinski definition) is 2. The van der Waals surface area contributed by atoms with Crippen molar-refractivity contribution in [1.29, 1.82) is 0 Å². The first-order valence-electron chi connectivity index (χ1n) is 7.98. The maximum atomic E-state index is 6.15. The Morgan fingerprint density at radius 3 is 2.46 bits per heavy atom. The van der Waals surface area contributed by atoms with Gasteiger partial charge in [0.05, 0.1) is 23.7 Å². The van der Waals surface area contributed by atoms with Crippen LogP contribution < -0.4 is 30.2 Å². The molecule has 0 bridgehead atoms. The number of fused-ring (bicyclic) bond motifs is 1. The average molecular weight is 329 g/mol. The molecule has 128 valence electrons. The van der Waals surface area contributed by atoms with Crippen LogP contribution in [0, 0.1) is 0 Å². The molecule has 0 fully saturated rings. The van der Waals surface area contributed by atoms with E-state index in [9.17, 15) is 0 Å². The first kappa shape index (κ1) is 16.1. The van der Waals surface area contributed by atoms with Crippen molar-refractivity contribution in [1.82, 2.24) is 0 Å². The monoisotopic (exact) mass is 329 g/mol. The van der Waals surface area contributed by atoms with Crippen LogP contribution in [0.15, 0.2) is 30.3 Å². The second kappa shape index (κ2) is 6.78. The van der Waals surface area contributed by atoms with E-state index in [1.807, 2.05) is 50.2 Å². The topological polar surface area (TPSA) is 69.0 Å². The SMILES string of the molecule is CCOc1cc(N(C)C)ccc1Nc1cc2c(cc1N)OCCO2. The Kier molecular flexibility index (Phi) is 4.55. The van der Waals surface area contributed by atoms with Crippen LogP contribution in [0.2, 0.25) is 0 Å². The first-order valence-corrected chi connectivity index (χ1v) is 7.98. The lowest BCUT2D eigenvalue weighted by atomic mass is 10.2. The molecule has 0 aromatic heterocycles. The van der Waals surface area contributed by atoms with Gasteiger partial charge in [0.25, 0.3) is 0 Å². The highest BCUT2D eigenvalue weighted by molar-refractivity contribution is 5.79. The number of rotatable bonds is 5. The molecule has 2 aromatic rings. The molecular weight excluding hydrogens is 306 g/mol. The van der Waals surface area contributed by atoms with Crippen LogP contribution in [-0.2, 0) is 0 Å². The molecule has 24 heavy (non-hydrogen) atoms. The van der Waals surface area contributed by atoms with E-state index in [0.29, 0.717) is 37.0 Å². The minimum atomic E-state index is 0.540. The van der Waals surface area contributed by atoms with E-state index in [1.54, 1.807) is 6.07 Å². The van der Waals surface area contributed by atoms with Gasteiger partial charge in [-0.05, 0) is 19.1 Å². The zero-order valence-electron chi connectivity index (χ0n) is 14.3. The molecule has 2 aromatic carbocycles. The standard InChI is InChI=1S/C18H23N3O3/c1-4-22-16-9-12(21(2)3)5-6-14(16)20-15-11-18-17(10-13(15)19)23-7-8-24-18/h5-6,9-11,20H,4,7-8,19H2,1-3H3. The van der Waals surface area contributed by atoms with Gasteiger partial charge in [0, 0.05) is 38.0 Å². The molecule has 6 heteroatoms. The van der Waals surface area contributed by atoms with E-state index >= 15 is 0 Å². The third-order valence-electron chi connectivity index (χ3n) is 3.77. The zero-order chi connectivity index (χ0) is 17.1. The smallest absolute Gasteiger partial charge is 0.163 e. The molecule has 3 rings (SSSR count). The van der Waals surface area contributed by atoms with Gasteiger partial charge in [-0.3, -0.25) is 0 Å². The molecule has 1 aliphatic rings. The number of nitrogens with two attached hydrogens (primary N) is 1. The van der Waals surface area contributed by atoms with E-state index in [-0.39, 0.29) is 0 Å². The molecule has 1 aliphatic heterocycles. The number of ether oxygens (including phenoxy) is 3. The van der Waals surface area contributed by atoms with Crippen LogP contribution in [-0.4, -0.2) is 33.9 Å². The van der Waals surface area contributed by atoms with Crippen molar-refractivity contribution >= 4 is 22.7 Å². The van der Waals surface area contributed by atoms with Gasteiger partial charge in [-0.15, -0.1) is 0 Å². The molecular formula is C18H23N3O3. The Morgan fingerprint density at radius 1 is 1.08 bits per heavy atom. The zero-order valence-corrected chi connectivity index (χ0v) is 14.3. The van der Waals surface area contributed by atoms with Gasteiger partial charge in [0.2, 0.25) is 0 Å². The third kappa shape index (κ3) is 3.27. The second-order valence-electron chi connectivity index (χ2n) is 5.72. The second-order valence-corrected chi connectivity index (χ2v) is 5.72. The normalized spacial score (nSPS) is 12.6. The molecule has 0 amide bonds. The lowest BCUT2D eigenvalue weighted by molar-refractivity contribution is 0.172. The van der Waals surface area contributed by atoms with Crippen LogP contribution in [0.1, 0.15) is 6.92 Å². The fourth-order valence-electron chi connectivity index (χ4n) is 2.53. The molecule has 3 N–H and O–H groups in total. The van der Waals surface area contributed by atoms with Gasteiger partial charge >= 0.3 is 0 Å². The highest BCUT2D eigenvalue weighted by atomic mass is 16.6. The van der Waals surface area contributed by atoms with E-state index in [2.05, 4.69) is 5.32 Å². The summed E-state index contributed by atoms with van der Waals surface area (Å²) < 4.78 is 16.9. The van der Waals surface area contributed by atoms with Crippen molar-refractivity contribution in [2.45, 2.75) is 6.92 Å². The summed E-state index contributed by atoms with van der Waals surface area (Å²) in [7, 11) is 3.99. The Hall–Kier alpha value is -2.76. The van der Waals surface area contributed by atoms with Gasteiger partial charge in [0.1, 0.15) is 19.0 Å². The molecule has 0 saturated carbocycles. The lowest BCUT2D eigenvalue weighted by Gasteiger charge is -2.22. The summed E-state index contributed by atoms with van der Waals surface area (Å²) in [6, 6.07) is 9.65. The highest BCUT2D eigenvalue weighted by Crippen LogP contribution is 2.40. The van der Waals surface area contributed by atoms with Crippen molar-refractivity contribution in [2.75, 3.05) is 49.9 Å². The van der Waals surface area contributed by atoms with Crippen LogP contribution >= 0.6 is 0 Å². The molecule has 0 atom stereocenters. The minimum absolute atomic E-state index is 0.540. The first-order chi connectivity index (χ1) is 11.6. The summed E-state index contributed by atoms with van der Waals surface area (Å²) in [4.78, 5) is 2.03. The van der Waals surface area contributed by atoms with Crippen molar-refractivity contribution < 1.29 is 14.2 Å².